The Balaban J connectivity index is 4.19. The number of unbranched alkanes of at least 4 members (excludes halogenated alkanes) is 24. The fourth-order valence-corrected chi connectivity index (χ4v) is 6.10. The average molecular weight is 681 g/mol. The zero-order valence-electron chi connectivity index (χ0n) is 32.4. The van der Waals surface area contributed by atoms with Gasteiger partial charge in [0.1, 0.15) is 13.2 Å². The molecule has 0 N–H and O–H groups in total. The lowest BCUT2D eigenvalue weighted by atomic mass is 10.0. The monoisotopic (exact) mass is 681 g/mol. The smallest absolute Gasteiger partial charge is 0.306 e. The molecule has 284 valence electrons. The summed E-state index contributed by atoms with van der Waals surface area (Å²) in [7, 11) is 0. The predicted octanol–water partition coefficient (Wildman–Crippen LogP) is 12.8. The van der Waals surface area contributed by atoms with Crippen molar-refractivity contribution in [3.63, 3.8) is 0 Å². The third kappa shape index (κ3) is 35.7. The van der Waals surface area contributed by atoms with Gasteiger partial charge in [0, 0.05) is 19.3 Å². The fraction of sp³-hybridized carbons (Fsp3) is 0.929. The van der Waals surface area contributed by atoms with Crippen LogP contribution in [0.4, 0.5) is 0 Å². The summed E-state index contributed by atoms with van der Waals surface area (Å²) in [4.78, 5) is 37.3. The minimum atomic E-state index is -0.757. The van der Waals surface area contributed by atoms with Gasteiger partial charge in [-0.15, -0.1) is 0 Å². The van der Waals surface area contributed by atoms with E-state index in [1.807, 2.05) is 0 Å². The fourth-order valence-electron chi connectivity index (χ4n) is 6.10. The normalized spacial score (nSPS) is 11.9. The number of carbonyl (C=O) groups is 3. The van der Waals surface area contributed by atoms with Crippen molar-refractivity contribution in [2.24, 2.45) is 5.92 Å². The molecule has 0 aliphatic rings. The zero-order valence-corrected chi connectivity index (χ0v) is 32.4. The molecular weight excluding hydrogens is 600 g/mol. The second-order valence-corrected chi connectivity index (χ2v) is 14.7. The number of carbonyl (C=O) groups excluding carboxylic acids is 3. The Morgan fingerprint density at radius 1 is 0.396 bits per heavy atom. The van der Waals surface area contributed by atoms with E-state index in [1.54, 1.807) is 0 Å². The van der Waals surface area contributed by atoms with Gasteiger partial charge in [-0.1, -0.05) is 188 Å². The van der Waals surface area contributed by atoms with Gasteiger partial charge in [-0.2, -0.15) is 0 Å². The van der Waals surface area contributed by atoms with E-state index in [9.17, 15) is 14.4 Å². The summed E-state index contributed by atoms with van der Waals surface area (Å²) in [5.41, 5.74) is 0. The molecule has 1 atom stereocenters. The third-order valence-electron chi connectivity index (χ3n) is 9.29. The maximum atomic E-state index is 12.6. The van der Waals surface area contributed by atoms with Crippen molar-refractivity contribution in [2.45, 2.75) is 233 Å². The third-order valence-corrected chi connectivity index (χ3v) is 9.29. The molecule has 0 fully saturated rings. The molecule has 0 radical (unpaired) electrons. The molecule has 0 unspecified atom stereocenters. The predicted molar refractivity (Wildman–Crippen MR) is 201 cm³/mol. The van der Waals surface area contributed by atoms with E-state index < -0.39 is 6.10 Å². The Labute approximate surface area is 298 Å². The van der Waals surface area contributed by atoms with Crippen LogP contribution in [0, 0.1) is 5.92 Å². The molecule has 0 rings (SSSR count). The van der Waals surface area contributed by atoms with Gasteiger partial charge in [0.25, 0.3) is 0 Å². The van der Waals surface area contributed by atoms with E-state index in [0.29, 0.717) is 19.3 Å². The topological polar surface area (TPSA) is 78.9 Å². The lowest BCUT2D eigenvalue weighted by molar-refractivity contribution is -0.167. The van der Waals surface area contributed by atoms with Crippen molar-refractivity contribution in [1.29, 1.82) is 0 Å². The van der Waals surface area contributed by atoms with Gasteiger partial charge in [-0.05, 0) is 25.2 Å². The van der Waals surface area contributed by atoms with Crippen LogP contribution in [0.5, 0.6) is 0 Å². The summed E-state index contributed by atoms with van der Waals surface area (Å²) in [5, 5.41) is 0. The van der Waals surface area contributed by atoms with Crippen molar-refractivity contribution >= 4 is 17.9 Å². The molecule has 0 aliphatic carbocycles. The van der Waals surface area contributed by atoms with E-state index in [1.165, 1.54) is 116 Å². The minimum absolute atomic E-state index is 0.0670. The van der Waals surface area contributed by atoms with E-state index in [4.69, 9.17) is 14.2 Å². The molecule has 6 nitrogen and oxygen atoms in total. The van der Waals surface area contributed by atoms with Crippen LogP contribution < -0.4 is 0 Å². The van der Waals surface area contributed by atoms with Gasteiger partial charge in [0.2, 0.25) is 0 Å². The molecule has 6 heteroatoms. The molecule has 0 saturated heterocycles. The van der Waals surface area contributed by atoms with Crippen molar-refractivity contribution in [2.75, 3.05) is 13.2 Å². The lowest BCUT2D eigenvalue weighted by Gasteiger charge is -2.18. The van der Waals surface area contributed by atoms with Crippen LogP contribution in [0.25, 0.3) is 0 Å². The molecule has 0 spiro atoms. The molecule has 0 aliphatic heterocycles. The quantitative estimate of drug-likeness (QED) is 0.0369. The number of hydrogen-bond acceptors (Lipinski definition) is 6. The standard InChI is InChI=1S/C42H80O6/c1-5-7-9-11-12-13-14-15-16-17-18-19-20-21-27-31-35-42(45)48-39(36-46-40(43)33-29-24-10-8-6-2)37-47-41(44)34-30-26-23-22-25-28-32-38(3)4/h38-39H,5-37H2,1-4H3/t39-/m1/s1. The first-order chi connectivity index (χ1) is 23.4. The van der Waals surface area contributed by atoms with Crippen LogP contribution in [0.3, 0.4) is 0 Å². The van der Waals surface area contributed by atoms with Crippen LogP contribution in [-0.4, -0.2) is 37.2 Å². The maximum absolute atomic E-state index is 12.6. The number of esters is 3. The average Bonchev–Trinajstić information content (AvgIpc) is 3.06. The van der Waals surface area contributed by atoms with Gasteiger partial charge >= 0.3 is 17.9 Å². The van der Waals surface area contributed by atoms with Gasteiger partial charge < -0.3 is 14.2 Å². The first-order valence-electron chi connectivity index (χ1n) is 20.9. The Bertz CT molecular complexity index is 721. The Morgan fingerprint density at radius 2 is 0.688 bits per heavy atom. The Kier molecular flexibility index (Phi) is 35.5. The van der Waals surface area contributed by atoms with E-state index >= 15 is 0 Å². The van der Waals surface area contributed by atoms with Crippen LogP contribution in [-0.2, 0) is 28.6 Å². The molecule has 0 aromatic carbocycles. The highest BCUT2D eigenvalue weighted by Gasteiger charge is 2.19. The van der Waals surface area contributed by atoms with Gasteiger partial charge in [-0.25, -0.2) is 0 Å². The Hall–Kier alpha value is -1.59. The first-order valence-corrected chi connectivity index (χ1v) is 20.9. The molecule has 0 aromatic rings. The van der Waals surface area contributed by atoms with Crippen molar-refractivity contribution in [1.82, 2.24) is 0 Å². The number of hydrogen-bond donors (Lipinski definition) is 0. The van der Waals surface area contributed by atoms with Crippen LogP contribution in [0.2, 0.25) is 0 Å². The van der Waals surface area contributed by atoms with Crippen molar-refractivity contribution in [3.05, 3.63) is 0 Å². The summed E-state index contributed by atoms with van der Waals surface area (Å²) >= 11 is 0. The SMILES string of the molecule is CCCCCCCCCCCCCCCCCCC(=O)O[C@H](COC(=O)CCCCCCC)COC(=O)CCCCCCCCC(C)C. The maximum Gasteiger partial charge on any atom is 0.306 e. The van der Waals surface area contributed by atoms with Crippen molar-refractivity contribution < 1.29 is 28.6 Å². The molecule has 0 amide bonds. The molecule has 48 heavy (non-hydrogen) atoms. The summed E-state index contributed by atoms with van der Waals surface area (Å²) in [5.74, 6) is -0.115. The highest BCUT2D eigenvalue weighted by molar-refractivity contribution is 5.71. The summed E-state index contributed by atoms with van der Waals surface area (Å²) in [6.45, 7) is 8.83. The summed E-state index contributed by atoms with van der Waals surface area (Å²) in [6.07, 6.45) is 34.2. The molecule has 0 aromatic heterocycles. The van der Waals surface area contributed by atoms with Crippen LogP contribution in [0.1, 0.15) is 227 Å². The second-order valence-electron chi connectivity index (χ2n) is 14.7. The zero-order chi connectivity index (χ0) is 35.3. The molecule has 0 bridgehead atoms. The van der Waals surface area contributed by atoms with E-state index in [2.05, 4.69) is 27.7 Å². The van der Waals surface area contributed by atoms with Gasteiger partial charge in [0.15, 0.2) is 6.10 Å². The van der Waals surface area contributed by atoms with Crippen molar-refractivity contribution in [3.8, 4) is 0 Å². The van der Waals surface area contributed by atoms with E-state index in [-0.39, 0.29) is 31.1 Å². The van der Waals surface area contributed by atoms with Gasteiger partial charge in [0.05, 0.1) is 0 Å². The first kappa shape index (κ1) is 46.4. The second kappa shape index (κ2) is 36.7. The minimum Gasteiger partial charge on any atom is -0.462 e. The number of rotatable bonds is 37. The highest BCUT2D eigenvalue weighted by Crippen LogP contribution is 2.15. The molecule has 0 heterocycles. The van der Waals surface area contributed by atoms with Gasteiger partial charge in [-0.3, -0.25) is 14.4 Å². The summed E-state index contributed by atoms with van der Waals surface area (Å²) < 4.78 is 16.5. The lowest BCUT2D eigenvalue weighted by Crippen LogP contribution is -2.30. The molecular formula is C42H80O6. The van der Waals surface area contributed by atoms with E-state index in [0.717, 1.165) is 70.1 Å². The largest absolute Gasteiger partial charge is 0.462 e. The molecule has 0 saturated carbocycles. The van der Waals surface area contributed by atoms with Crippen LogP contribution >= 0.6 is 0 Å². The summed E-state index contributed by atoms with van der Waals surface area (Å²) in [6, 6.07) is 0. The highest BCUT2D eigenvalue weighted by atomic mass is 16.6. The Morgan fingerprint density at radius 3 is 1.02 bits per heavy atom. The van der Waals surface area contributed by atoms with Crippen LogP contribution in [0.15, 0.2) is 0 Å². The number of ether oxygens (including phenoxy) is 3.